The molecule has 0 saturated carbocycles. The van der Waals surface area contributed by atoms with Crippen LogP contribution in [0.1, 0.15) is 11.1 Å². The van der Waals surface area contributed by atoms with Gasteiger partial charge >= 0.3 is 5.97 Å². The van der Waals surface area contributed by atoms with E-state index >= 15 is 0 Å². The van der Waals surface area contributed by atoms with Gasteiger partial charge in [0.1, 0.15) is 72.2 Å². The Labute approximate surface area is 257 Å². The zero-order chi connectivity index (χ0) is 32.4. The lowest BCUT2D eigenvalue weighted by Gasteiger charge is -2.39. The molecule has 45 heavy (non-hydrogen) atoms. The predicted molar refractivity (Wildman–Crippen MR) is 150 cm³/mol. The van der Waals surface area contributed by atoms with Crippen LogP contribution in [0.15, 0.2) is 48.5 Å². The fourth-order valence-electron chi connectivity index (χ4n) is 5.33. The molecule has 15 heteroatoms. The predicted octanol–water partition coefficient (Wildman–Crippen LogP) is -2.40. The van der Waals surface area contributed by atoms with Gasteiger partial charge < -0.3 is 69.3 Å². The van der Waals surface area contributed by atoms with Gasteiger partial charge in [0.25, 0.3) is 0 Å². The zero-order valence-electron chi connectivity index (χ0n) is 24.0. The smallest absolute Gasteiger partial charge is 0.331 e. The van der Waals surface area contributed by atoms with Crippen LogP contribution in [-0.4, -0.2) is 135 Å². The minimum atomic E-state index is -1.67. The molecule has 1 unspecified atom stereocenters. The molecule has 3 heterocycles. The van der Waals surface area contributed by atoms with Gasteiger partial charge in [-0.3, -0.25) is 0 Å². The van der Waals surface area contributed by atoms with Gasteiger partial charge in [0.05, 0.1) is 20.3 Å². The molecule has 3 aliphatic heterocycles. The Morgan fingerprint density at radius 3 is 1.82 bits per heavy atom. The Balaban J connectivity index is 1.32. The van der Waals surface area contributed by atoms with Crippen LogP contribution in [-0.2, 0) is 25.4 Å². The van der Waals surface area contributed by atoms with Crippen molar-refractivity contribution >= 4 is 11.5 Å². The summed E-state index contributed by atoms with van der Waals surface area (Å²) >= 11 is 0. The average molecular weight is 637 g/mol. The monoisotopic (exact) mass is 636 g/mol. The van der Waals surface area contributed by atoms with Crippen molar-refractivity contribution in [2.75, 3.05) is 20.3 Å². The molecule has 2 saturated heterocycles. The molecule has 0 aromatic heterocycles. The Kier molecular flexibility index (Phi) is 10.2. The van der Waals surface area contributed by atoms with E-state index in [1.165, 1.54) is 19.3 Å². The van der Waals surface area contributed by atoms with E-state index in [0.29, 0.717) is 22.4 Å². The molecule has 0 amide bonds. The summed E-state index contributed by atoms with van der Waals surface area (Å²) in [6.07, 6.45) is -14.0. The normalized spacial score (nSPS) is 35.0. The van der Waals surface area contributed by atoms with Crippen LogP contribution in [0.4, 0.5) is 0 Å². The molecule has 3 aliphatic rings. The maximum absolute atomic E-state index is 12.4. The number of hydrogen-bond donors (Lipinski definition) is 8. The summed E-state index contributed by atoms with van der Waals surface area (Å²) in [7, 11) is 1.43. The lowest BCUT2D eigenvalue weighted by atomic mass is 9.95. The van der Waals surface area contributed by atoms with Gasteiger partial charge in [0.15, 0.2) is 0 Å². The van der Waals surface area contributed by atoms with Crippen LogP contribution in [0.2, 0.25) is 0 Å². The van der Waals surface area contributed by atoms with Gasteiger partial charge in [-0.25, -0.2) is 4.79 Å². The van der Waals surface area contributed by atoms with Crippen molar-refractivity contribution in [2.24, 2.45) is 0 Å². The van der Waals surface area contributed by atoms with E-state index in [1.807, 2.05) is 0 Å². The first-order valence-electron chi connectivity index (χ1n) is 14.2. The van der Waals surface area contributed by atoms with Gasteiger partial charge in [0, 0.05) is 29.7 Å². The standard InChI is InChI=1S/C30H36O15/c1-40-15-6-7-16(19(9-15)43-30-28(39)26(37)24(35)21(12-32)45-30)17-10-22(33)42-18(17)8-13-2-4-14(5-3-13)41-29-27(38)25(36)23(34)20(11-31)44-29/h2-7,9-10,18,20-21,23-32,34-39H,8,11-12H2,1H3/t18?,20-,21-,23-,24-,25+,26+,27-,28-,29-,30-/m1/s1. The quantitative estimate of drug-likeness (QED) is 0.127. The summed E-state index contributed by atoms with van der Waals surface area (Å²) in [5, 5.41) is 80.0. The minimum absolute atomic E-state index is 0.108. The molecule has 0 radical (unpaired) electrons. The number of hydrogen-bond acceptors (Lipinski definition) is 15. The Bertz CT molecular complexity index is 1350. The molecule has 8 N–H and O–H groups in total. The summed E-state index contributed by atoms with van der Waals surface area (Å²) in [5.41, 5.74) is 1.54. The van der Waals surface area contributed by atoms with Crippen molar-refractivity contribution in [1.29, 1.82) is 0 Å². The number of aliphatic hydroxyl groups is 8. The number of methoxy groups -OCH3 is 1. The van der Waals surface area contributed by atoms with Gasteiger partial charge in [-0.15, -0.1) is 0 Å². The van der Waals surface area contributed by atoms with E-state index in [-0.39, 0.29) is 17.9 Å². The third-order valence-electron chi connectivity index (χ3n) is 7.92. The number of benzene rings is 2. The van der Waals surface area contributed by atoms with Crippen molar-refractivity contribution in [1.82, 2.24) is 0 Å². The molecule has 0 aliphatic carbocycles. The number of carbonyl (C=O) groups is 1. The third kappa shape index (κ3) is 6.92. The Hall–Kier alpha value is -3.35. The van der Waals surface area contributed by atoms with Crippen LogP contribution in [0.3, 0.4) is 0 Å². The summed E-state index contributed by atoms with van der Waals surface area (Å²) in [6, 6.07) is 11.2. The number of ether oxygens (including phenoxy) is 6. The largest absolute Gasteiger partial charge is 0.497 e. The third-order valence-corrected chi connectivity index (χ3v) is 7.92. The van der Waals surface area contributed by atoms with Crippen LogP contribution < -0.4 is 14.2 Å². The fourth-order valence-corrected chi connectivity index (χ4v) is 5.33. The molecule has 15 nitrogen and oxygen atoms in total. The van der Waals surface area contributed by atoms with E-state index in [4.69, 9.17) is 28.4 Å². The van der Waals surface area contributed by atoms with Crippen molar-refractivity contribution in [3.8, 4) is 17.2 Å². The fraction of sp³-hybridized carbons (Fsp3) is 0.500. The van der Waals surface area contributed by atoms with Gasteiger partial charge in [-0.05, 0) is 29.8 Å². The van der Waals surface area contributed by atoms with E-state index < -0.39 is 86.7 Å². The highest BCUT2D eigenvalue weighted by Crippen LogP contribution is 2.38. The molecule has 0 spiro atoms. The first-order valence-corrected chi connectivity index (χ1v) is 14.2. The van der Waals surface area contributed by atoms with E-state index in [9.17, 15) is 45.6 Å². The number of aliphatic hydroxyl groups excluding tert-OH is 8. The molecule has 246 valence electrons. The van der Waals surface area contributed by atoms with Crippen LogP contribution >= 0.6 is 0 Å². The van der Waals surface area contributed by atoms with E-state index in [1.54, 1.807) is 36.4 Å². The van der Waals surface area contributed by atoms with E-state index in [0.717, 1.165) is 0 Å². The highest BCUT2D eigenvalue weighted by Gasteiger charge is 2.46. The molecule has 2 aromatic carbocycles. The van der Waals surface area contributed by atoms with Crippen molar-refractivity contribution in [3.05, 3.63) is 59.7 Å². The van der Waals surface area contributed by atoms with Crippen LogP contribution in [0.25, 0.3) is 5.57 Å². The summed E-state index contributed by atoms with van der Waals surface area (Å²) < 4.78 is 33.3. The van der Waals surface area contributed by atoms with Crippen molar-refractivity contribution < 1.29 is 74.1 Å². The second-order valence-corrected chi connectivity index (χ2v) is 10.9. The molecular formula is C30H36O15. The molecule has 11 atom stereocenters. The van der Waals surface area contributed by atoms with Crippen molar-refractivity contribution in [3.63, 3.8) is 0 Å². The van der Waals surface area contributed by atoms with Crippen LogP contribution in [0, 0.1) is 0 Å². The second-order valence-electron chi connectivity index (χ2n) is 10.9. The number of carbonyl (C=O) groups excluding carboxylic acids is 1. The summed E-state index contributed by atoms with van der Waals surface area (Å²) in [5.74, 6) is 0.132. The topological polar surface area (TPSA) is 234 Å². The lowest BCUT2D eigenvalue weighted by molar-refractivity contribution is -0.277. The zero-order valence-corrected chi connectivity index (χ0v) is 24.0. The average Bonchev–Trinajstić information content (AvgIpc) is 3.41. The maximum Gasteiger partial charge on any atom is 0.331 e. The lowest BCUT2D eigenvalue weighted by Crippen LogP contribution is -2.60. The summed E-state index contributed by atoms with van der Waals surface area (Å²) in [6.45, 7) is -1.24. The van der Waals surface area contributed by atoms with Gasteiger partial charge in [0.2, 0.25) is 12.6 Å². The first kappa shape index (κ1) is 33.0. The summed E-state index contributed by atoms with van der Waals surface area (Å²) in [4.78, 5) is 12.4. The highest BCUT2D eigenvalue weighted by atomic mass is 16.7. The molecule has 5 rings (SSSR count). The maximum atomic E-state index is 12.4. The first-order chi connectivity index (χ1) is 21.5. The molecule has 0 bridgehead atoms. The highest BCUT2D eigenvalue weighted by molar-refractivity contribution is 5.98. The van der Waals surface area contributed by atoms with E-state index in [2.05, 4.69) is 0 Å². The number of cyclic esters (lactones) is 1. The van der Waals surface area contributed by atoms with Gasteiger partial charge in [-0.1, -0.05) is 12.1 Å². The number of rotatable bonds is 10. The molecule has 2 fully saturated rings. The second kappa shape index (κ2) is 14.0. The van der Waals surface area contributed by atoms with Gasteiger partial charge in [-0.2, -0.15) is 0 Å². The van der Waals surface area contributed by atoms with Crippen molar-refractivity contribution in [2.45, 2.75) is 73.9 Å². The minimum Gasteiger partial charge on any atom is -0.497 e. The number of esters is 1. The molecule has 2 aromatic rings. The Morgan fingerprint density at radius 1 is 0.711 bits per heavy atom. The SMILES string of the molecule is COc1ccc(C2=CC(=O)OC2Cc2ccc(O[C@@H]3O[C@H](CO)[C@@H](O)[C@H](O)[C@H]3O)cc2)c(O[C@@H]2O[C@H](CO)[C@@H](O)[C@H](O)[C@H]2O)c1. The Morgan fingerprint density at radius 2 is 1.27 bits per heavy atom. The van der Waals surface area contributed by atoms with Crippen LogP contribution in [0.5, 0.6) is 17.2 Å². The molecular weight excluding hydrogens is 600 g/mol.